The summed E-state index contributed by atoms with van der Waals surface area (Å²) in [5.41, 5.74) is 5.62. The van der Waals surface area contributed by atoms with E-state index < -0.39 is 8.32 Å². The van der Waals surface area contributed by atoms with Crippen molar-refractivity contribution in [2.45, 2.75) is 57.1 Å². The Hall–Kier alpha value is -1.61. The molecule has 34 heavy (non-hydrogen) atoms. The number of aryl methyl sites for hydroxylation is 2. The maximum absolute atomic E-state index is 6.63. The Kier molecular flexibility index (Phi) is 7.34. The van der Waals surface area contributed by atoms with E-state index in [-0.39, 0.29) is 16.3 Å². The third kappa shape index (κ3) is 5.15. The molecular formula is C26H35BrN4OSSi. The molecule has 0 bridgehead atoms. The van der Waals surface area contributed by atoms with Gasteiger partial charge >= 0.3 is 0 Å². The molecule has 3 heterocycles. The van der Waals surface area contributed by atoms with Gasteiger partial charge in [-0.2, -0.15) is 5.10 Å². The highest BCUT2D eigenvalue weighted by Gasteiger charge is 2.39. The van der Waals surface area contributed by atoms with Crippen LogP contribution in [0.5, 0.6) is 0 Å². The van der Waals surface area contributed by atoms with Crippen LogP contribution in [0.1, 0.15) is 42.7 Å². The Labute approximate surface area is 217 Å². The maximum Gasteiger partial charge on any atom is 0.192 e. The molecule has 2 aromatic heterocycles. The van der Waals surface area contributed by atoms with Gasteiger partial charge in [0.2, 0.25) is 0 Å². The number of hydrogen-bond acceptors (Lipinski definition) is 5. The van der Waals surface area contributed by atoms with Gasteiger partial charge in [0.15, 0.2) is 8.32 Å². The highest BCUT2D eigenvalue weighted by Crippen LogP contribution is 2.47. The Bertz CT molecular complexity index is 1160. The van der Waals surface area contributed by atoms with Crippen LogP contribution in [0.4, 0.5) is 5.82 Å². The van der Waals surface area contributed by atoms with Crippen molar-refractivity contribution in [3.63, 3.8) is 0 Å². The minimum atomic E-state index is -1.84. The van der Waals surface area contributed by atoms with Crippen molar-refractivity contribution in [2.75, 3.05) is 17.7 Å². The first-order valence-electron chi connectivity index (χ1n) is 11.7. The molecule has 8 heteroatoms. The summed E-state index contributed by atoms with van der Waals surface area (Å²) in [6.07, 6.45) is 1.84. The Morgan fingerprint density at radius 2 is 2.00 bits per heavy atom. The molecule has 3 aromatic rings. The topological polar surface area (TPSA) is 52.0 Å². The molecule has 182 valence electrons. The van der Waals surface area contributed by atoms with E-state index in [0.29, 0.717) is 6.61 Å². The minimum Gasteiger partial charge on any atom is -0.415 e. The zero-order chi connectivity index (χ0) is 24.7. The highest BCUT2D eigenvalue weighted by atomic mass is 79.9. The fourth-order valence-electron chi connectivity index (χ4n) is 3.98. The lowest BCUT2D eigenvalue weighted by Crippen LogP contribution is -2.44. The molecule has 0 aliphatic carbocycles. The molecule has 1 aromatic carbocycles. The number of hydrogen-bond donors (Lipinski definition) is 1. The normalized spacial score (nSPS) is 18.8. The van der Waals surface area contributed by atoms with Crippen molar-refractivity contribution < 1.29 is 4.43 Å². The minimum absolute atomic E-state index is 0.152. The van der Waals surface area contributed by atoms with Crippen molar-refractivity contribution in [1.29, 1.82) is 0 Å². The number of anilines is 1. The molecule has 0 amide bonds. The molecule has 0 saturated heterocycles. The Morgan fingerprint density at radius 1 is 1.24 bits per heavy atom. The van der Waals surface area contributed by atoms with E-state index in [2.05, 4.69) is 85.2 Å². The molecule has 5 nitrogen and oxygen atoms in total. The quantitative estimate of drug-likeness (QED) is 0.335. The van der Waals surface area contributed by atoms with Crippen LogP contribution in [-0.4, -0.2) is 41.5 Å². The number of rotatable bonds is 5. The van der Waals surface area contributed by atoms with Crippen LogP contribution in [0.2, 0.25) is 18.1 Å². The van der Waals surface area contributed by atoms with Crippen LogP contribution in [0.3, 0.4) is 0 Å². The van der Waals surface area contributed by atoms with Crippen LogP contribution in [0.25, 0.3) is 11.4 Å². The zero-order valence-corrected chi connectivity index (χ0v) is 24.5. The van der Waals surface area contributed by atoms with Crippen LogP contribution in [0, 0.1) is 6.92 Å². The summed E-state index contributed by atoms with van der Waals surface area (Å²) >= 11 is 5.59. The maximum atomic E-state index is 6.63. The van der Waals surface area contributed by atoms with Gasteiger partial charge in [0.1, 0.15) is 11.5 Å². The molecule has 0 radical (unpaired) electrons. The highest BCUT2D eigenvalue weighted by molar-refractivity contribution is 9.10. The summed E-state index contributed by atoms with van der Waals surface area (Å²) in [5, 5.41) is 9.10. The van der Waals surface area contributed by atoms with Gasteiger partial charge in [0.25, 0.3) is 0 Å². The molecule has 0 fully saturated rings. The summed E-state index contributed by atoms with van der Waals surface area (Å²) in [4.78, 5) is 4.64. The van der Waals surface area contributed by atoms with Crippen molar-refractivity contribution in [2.24, 2.45) is 7.05 Å². The van der Waals surface area contributed by atoms with Gasteiger partial charge in [0, 0.05) is 29.0 Å². The molecule has 0 saturated carbocycles. The zero-order valence-electron chi connectivity index (χ0n) is 21.1. The number of fused-ring (bicyclic) bond motifs is 1. The van der Waals surface area contributed by atoms with E-state index >= 15 is 0 Å². The van der Waals surface area contributed by atoms with Crippen molar-refractivity contribution >= 4 is 41.8 Å². The van der Waals surface area contributed by atoms with E-state index in [1.54, 1.807) is 0 Å². The van der Waals surface area contributed by atoms with Gasteiger partial charge in [-0.05, 0) is 60.4 Å². The summed E-state index contributed by atoms with van der Waals surface area (Å²) in [5.74, 6) is 2.01. The molecule has 1 aliphatic rings. The van der Waals surface area contributed by atoms with E-state index in [9.17, 15) is 0 Å². The van der Waals surface area contributed by atoms with Crippen molar-refractivity contribution in [3.05, 3.63) is 63.8 Å². The van der Waals surface area contributed by atoms with E-state index in [4.69, 9.17) is 9.52 Å². The average Bonchev–Trinajstić information content (AvgIpc) is 2.96. The molecule has 0 unspecified atom stereocenters. The molecule has 2 atom stereocenters. The van der Waals surface area contributed by atoms with Crippen LogP contribution in [-0.2, 0) is 11.5 Å². The van der Waals surface area contributed by atoms with Crippen molar-refractivity contribution in [3.8, 4) is 11.4 Å². The molecular weight excluding hydrogens is 524 g/mol. The largest absolute Gasteiger partial charge is 0.415 e. The summed E-state index contributed by atoms with van der Waals surface area (Å²) in [6.45, 7) is 14.4. The first kappa shape index (κ1) is 25.5. The second kappa shape index (κ2) is 9.80. The van der Waals surface area contributed by atoms with E-state index in [1.165, 1.54) is 16.7 Å². The third-order valence-corrected chi connectivity index (χ3v) is 13.4. The predicted octanol–water partition coefficient (Wildman–Crippen LogP) is 7.19. The summed E-state index contributed by atoms with van der Waals surface area (Å²) < 4.78 is 9.71. The molecule has 4 rings (SSSR count). The van der Waals surface area contributed by atoms with Gasteiger partial charge in [-0.3, -0.25) is 9.67 Å². The lowest BCUT2D eigenvalue weighted by molar-refractivity contribution is 0.277. The second-order valence-corrected chi connectivity index (χ2v) is 17.4. The van der Waals surface area contributed by atoms with Gasteiger partial charge in [-0.15, -0.1) is 11.8 Å². The lowest BCUT2D eigenvalue weighted by Gasteiger charge is -2.37. The van der Waals surface area contributed by atoms with Crippen LogP contribution >= 0.6 is 27.7 Å². The number of nitrogens with zero attached hydrogens (tertiary/aromatic N) is 3. The van der Waals surface area contributed by atoms with Gasteiger partial charge in [-0.1, -0.05) is 48.8 Å². The molecule has 0 spiro atoms. The third-order valence-electron chi connectivity index (χ3n) is 7.02. The standard InChI is InChI=1S/C26H35BrN4OSSi/c1-17-14-18(27)11-12-20(17)24-22-23(21-10-8-9-13-28-21)30-31(5)25(22)29-19(16-33-24)15-32-34(6,7)26(2,3)4/h8-14,19,24,29H,15-16H2,1-7H3/t19-,24+/m1/s1. The lowest BCUT2D eigenvalue weighted by atomic mass is 9.98. The summed E-state index contributed by atoms with van der Waals surface area (Å²) in [6, 6.07) is 12.8. The van der Waals surface area contributed by atoms with Crippen LogP contribution < -0.4 is 5.32 Å². The number of benzene rings is 1. The SMILES string of the molecule is Cc1cc(Br)ccc1[C@@H]1SC[C@@H](CO[Si](C)(C)C(C)(C)C)Nc2c1c(-c1ccccn1)nn2C. The monoisotopic (exact) mass is 558 g/mol. The first-order valence-corrected chi connectivity index (χ1v) is 16.5. The predicted molar refractivity (Wildman–Crippen MR) is 150 cm³/mol. The van der Waals surface area contributed by atoms with Gasteiger partial charge in [0.05, 0.1) is 23.6 Å². The molecule has 1 N–H and O–H groups in total. The average molecular weight is 560 g/mol. The van der Waals surface area contributed by atoms with Gasteiger partial charge in [-0.25, -0.2) is 0 Å². The van der Waals surface area contributed by atoms with E-state index in [0.717, 1.165) is 27.4 Å². The fraction of sp³-hybridized carbons (Fsp3) is 0.462. The first-order chi connectivity index (χ1) is 16.0. The van der Waals surface area contributed by atoms with Crippen LogP contribution in [0.15, 0.2) is 47.1 Å². The number of nitrogens with one attached hydrogen (secondary N) is 1. The number of halogens is 1. The fourth-order valence-corrected chi connectivity index (χ4v) is 6.94. The summed E-state index contributed by atoms with van der Waals surface area (Å²) in [7, 11) is 0.178. The smallest absolute Gasteiger partial charge is 0.192 e. The van der Waals surface area contributed by atoms with E-state index in [1.807, 2.05) is 47.9 Å². The molecule has 1 aliphatic heterocycles. The second-order valence-electron chi connectivity index (χ2n) is 10.6. The van der Waals surface area contributed by atoms with Gasteiger partial charge < -0.3 is 9.74 Å². The van der Waals surface area contributed by atoms with Crippen molar-refractivity contribution in [1.82, 2.24) is 14.8 Å². The number of thioether (sulfide) groups is 1. The number of pyridine rings is 1. The Balaban J connectivity index is 1.75. The number of aromatic nitrogens is 3. The Morgan fingerprint density at radius 3 is 2.65 bits per heavy atom.